The van der Waals surface area contributed by atoms with Gasteiger partial charge in [-0.1, -0.05) is 71.2 Å². The van der Waals surface area contributed by atoms with Crippen molar-refractivity contribution in [3.63, 3.8) is 0 Å². The standard InChI is InChI=1S/C33H38BrN3O6S/c1-44(40,41)37(28-16-17-30-31(21-28)43-23-42-30)18-8-15-32(38)36(22-25-11-7-12-26(34)19-25)29(20-24-9-3-2-4-10-24)33(39)35-27-13-5-6-14-27/h2-4,7,9-12,16-17,19,21,27,29H,5-6,8,13-15,18,20,22-23H2,1H3,(H,35,39)/t29-/m1/s1. The first kappa shape index (κ1) is 31.8. The van der Waals surface area contributed by atoms with E-state index in [1.807, 2.05) is 54.6 Å². The largest absolute Gasteiger partial charge is 0.454 e. The van der Waals surface area contributed by atoms with Crippen LogP contribution in [0.2, 0.25) is 0 Å². The van der Waals surface area contributed by atoms with Crippen molar-refractivity contribution in [1.82, 2.24) is 10.2 Å². The van der Waals surface area contributed by atoms with Gasteiger partial charge in [0.2, 0.25) is 28.6 Å². The highest BCUT2D eigenvalue weighted by molar-refractivity contribution is 9.10. The van der Waals surface area contributed by atoms with Gasteiger partial charge in [-0.3, -0.25) is 13.9 Å². The van der Waals surface area contributed by atoms with Crippen LogP contribution in [0.4, 0.5) is 5.69 Å². The Kier molecular flexibility index (Phi) is 10.5. The fourth-order valence-electron chi connectivity index (χ4n) is 5.80. The molecule has 0 saturated heterocycles. The molecule has 0 spiro atoms. The molecule has 11 heteroatoms. The van der Waals surface area contributed by atoms with Gasteiger partial charge in [-0.05, 0) is 54.7 Å². The molecule has 1 fully saturated rings. The van der Waals surface area contributed by atoms with E-state index in [1.165, 1.54) is 4.31 Å². The fraction of sp³-hybridized carbons (Fsp3) is 0.394. The number of amides is 2. The second-order valence-corrected chi connectivity index (χ2v) is 14.1. The van der Waals surface area contributed by atoms with Crippen LogP contribution in [0, 0.1) is 0 Å². The van der Waals surface area contributed by atoms with Gasteiger partial charge in [0.25, 0.3) is 0 Å². The van der Waals surface area contributed by atoms with Crippen LogP contribution in [0.15, 0.2) is 77.3 Å². The number of benzene rings is 3. The van der Waals surface area contributed by atoms with Gasteiger partial charge < -0.3 is 19.7 Å². The molecule has 1 N–H and O–H groups in total. The van der Waals surface area contributed by atoms with Crippen molar-refractivity contribution in [2.75, 3.05) is 23.9 Å². The highest BCUT2D eigenvalue weighted by Gasteiger charge is 2.32. The average molecular weight is 685 g/mol. The molecule has 1 atom stereocenters. The molecule has 44 heavy (non-hydrogen) atoms. The van der Waals surface area contributed by atoms with Crippen molar-refractivity contribution in [1.29, 1.82) is 0 Å². The van der Waals surface area contributed by atoms with Crippen LogP contribution >= 0.6 is 15.9 Å². The number of hydrogen-bond acceptors (Lipinski definition) is 6. The molecule has 2 amide bonds. The highest BCUT2D eigenvalue weighted by atomic mass is 79.9. The number of sulfonamides is 1. The minimum Gasteiger partial charge on any atom is -0.454 e. The third-order valence-corrected chi connectivity index (χ3v) is 9.70. The van der Waals surface area contributed by atoms with E-state index in [1.54, 1.807) is 23.1 Å². The van der Waals surface area contributed by atoms with Gasteiger partial charge in [-0.25, -0.2) is 8.42 Å². The summed E-state index contributed by atoms with van der Waals surface area (Å²) in [6.45, 7) is 0.414. The number of rotatable bonds is 13. The Morgan fingerprint density at radius 2 is 1.68 bits per heavy atom. The molecule has 1 aliphatic carbocycles. The molecular formula is C33H38BrN3O6S. The van der Waals surface area contributed by atoms with Crippen LogP contribution in [0.5, 0.6) is 11.5 Å². The van der Waals surface area contributed by atoms with Crippen molar-refractivity contribution in [2.24, 2.45) is 0 Å². The summed E-state index contributed by atoms with van der Waals surface area (Å²) in [5, 5.41) is 3.22. The molecule has 0 aromatic heterocycles. The lowest BCUT2D eigenvalue weighted by atomic mass is 10.0. The van der Waals surface area contributed by atoms with Crippen molar-refractivity contribution in [3.8, 4) is 11.5 Å². The molecule has 1 saturated carbocycles. The number of fused-ring (bicyclic) bond motifs is 1. The Morgan fingerprint density at radius 3 is 2.41 bits per heavy atom. The van der Waals surface area contributed by atoms with Gasteiger partial charge in [0.05, 0.1) is 11.9 Å². The number of halogens is 1. The van der Waals surface area contributed by atoms with Crippen molar-refractivity contribution in [3.05, 3.63) is 88.4 Å². The maximum atomic E-state index is 14.1. The SMILES string of the molecule is CS(=O)(=O)N(CCCC(=O)N(Cc1cccc(Br)c1)[C@H](Cc1ccccc1)C(=O)NC1CCCC1)c1ccc2c(c1)OCO2. The van der Waals surface area contributed by atoms with Crippen LogP contribution in [0.3, 0.4) is 0 Å². The number of anilines is 1. The minimum atomic E-state index is -3.65. The number of carbonyl (C=O) groups excluding carboxylic acids is 2. The summed E-state index contributed by atoms with van der Waals surface area (Å²) >= 11 is 3.52. The summed E-state index contributed by atoms with van der Waals surface area (Å²) in [5.74, 6) is 0.652. The van der Waals surface area contributed by atoms with E-state index >= 15 is 0 Å². The highest BCUT2D eigenvalue weighted by Crippen LogP contribution is 2.36. The lowest BCUT2D eigenvalue weighted by Crippen LogP contribution is -2.52. The molecule has 0 bridgehead atoms. The molecule has 5 rings (SSSR count). The molecule has 0 radical (unpaired) electrons. The predicted molar refractivity (Wildman–Crippen MR) is 173 cm³/mol. The van der Waals surface area contributed by atoms with E-state index < -0.39 is 16.1 Å². The third-order valence-electron chi connectivity index (χ3n) is 8.01. The van der Waals surface area contributed by atoms with Crippen LogP contribution in [0.25, 0.3) is 0 Å². The predicted octanol–water partition coefficient (Wildman–Crippen LogP) is 5.42. The Bertz CT molecular complexity index is 1560. The second kappa shape index (κ2) is 14.5. The molecule has 2 aliphatic rings. The van der Waals surface area contributed by atoms with Crippen LogP contribution in [-0.4, -0.2) is 56.8 Å². The maximum Gasteiger partial charge on any atom is 0.243 e. The number of ether oxygens (including phenoxy) is 2. The maximum absolute atomic E-state index is 14.1. The fourth-order valence-corrected chi connectivity index (χ4v) is 7.20. The van der Waals surface area contributed by atoms with Crippen molar-refractivity contribution >= 4 is 43.5 Å². The van der Waals surface area contributed by atoms with Gasteiger partial charge in [0, 0.05) is 42.5 Å². The quantitative estimate of drug-likeness (QED) is 0.258. The lowest BCUT2D eigenvalue weighted by Gasteiger charge is -2.33. The Hall–Kier alpha value is -3.57. The van der Waals surface area contributed by atoms with Crippen molar-refractivity contribution in [2.45, 2.75) is 63.6 Å². The topological polar surface area (TPSA) is 105 Å². The number of nitrogens with one attached hydrogen (secondary N) is 1. The summed E-state index contributed by atoms with van der Waals surface area (Å²) in [6, 6.07) is 21.8. The summed E-state index contributed by atoms with van der Waals surface area (Å²) < 4.78 is 38.5. The first-order chi connectivity index (χ1) is 21.2. The van der Waals surface area contributed by atoms with Crippen LogP contribution in [0.1, 0.15) is 49.7 Å². The minimum absolute atomic E-state index is 0.0621. The van der Waals surface area contributed by atoms with E-state index in [-0.39, 0.29) is 50.6 Å². The Morgan fingerprint density at radius 1 is 0.955 bits per heavy atom. The first-order valence-corrected chi connectivity index (χ1v) is 17.6. The molecule has 0 unspecified atom stereocenters. The molecule has 1 aliphatic heterocycles. The lowest BCUT2D eigenvalue weighted by molar-refractivity contribution is -0.141. The normalized spacial score (nSPS) is 15.1. The smallest absolute Gasteiger partial charge is 0.243 e. The van der Waals surface area contributed by atoms with E-state index in [9.17, 15) is 18.0 Å². The average Bonchev–Trinajstić information content (AvgIpc) is 3.69. The molecular weight excluding hydrogens is 646 g/mol. The molecule has 234 valence electrons. The monoisotopic (exact) mass is 683 g/mol. The van der Waals surface area contributed by atoms with Gasteiger partial charge in [0.1, 0.15) is 6.04 Å². The van der Waals surface area contributed by atoms with Crippen LogP contribution in [-0.2, 0) is 32.6 Å². The van der Waals surface area contributed by atoms with Gasteiger partial charge >= 0.3 is 0 Å². The summed E-state index contributed by atoms with van der Waals surface area (Å²) in [5.41, 5.74) is 2.28. The number of nitrogens with zero attached hydrogens (tertiary/aromatic N) is 2. The summed E-state index contributed by atoms with van der Waals surface area (Å²) in [4.78, 5) is 29.6. The zero-order valence-corrected chi connectivity index (χ0v) is 27.2. The molecule has 1 heterocycles. The van der Waals surface area contributed by atoms with E-state index in [0.29, 0.717) is 23.6 Å². The van der Waals surface area contributed by atoms with E-state index in [0.717, 1.165) is 47.5 Å². The third kappa shape index (κ3) is 8.32. The second-order valence-electron chi connectivity index (χ2n) is 11.3. The molecule has 3 aromatic rings. The Balaban J connectivity index is 1.38. The van der Waals surface area contributed by atoms with Gasteiger partial charge in [-0.2, -0.15) is 0 Å². The zero-order chi connectivity index (χ0) is 31.1. The molecule has 9 nitrogen and oxygen atoms in total. The summed E-state index contributed by atoms with van der Waals surface area (Å²) in [7, 11) is -3.65. The van der Waals surface area contributed by atoms with E-state index in [2.05, 4.69) is 21.2 Å². The van der Waals surface area contributed by atoms with Gasteiger partial charge in [0.15, 0.2) is 11.5 Å². The summed E-state index contributed by atoms with van der Waals surface area (Å²) in [6.07, 6.45) is 5.86. The van der Waals surface area contributed by atoms with E-state index in [4.69, 9.17) is 9.47 Å². The first-order valence-electron chi connectivity index (χ1n) is 14.9. The molecule has 3 aromatic carbocycles. The van der Waals surface area contributed by atoms with Crippen molar-refractivity contribution < 1.29 is 27.5 Å². The van der Waals surface area contributed by atoms with Crippen LogP contribution < -0.4 is 19.1 Å². The zero-order valence-electron chi connectivity index (χ0n) is 24.8. The Labute approximate surface area is 267 Å². The number of hydrogen-bond donors (Lipinski definition) is 1. The number of carbonyl (C=O) groups is 2. The van der Waals surface area contributed by atoms with Gasteiger partial charge in [-0.15, -0.1) is 0 Å².